The molecule has 6 heteroatoms. The van der Waals surface area contributed by atoms with Crippen molar-refractivity contribution >= 4 is 31.3 Å². The van der Waals surface area contributed by atoms with Gasteiger partial charge < -0.3 is 4.74 Å². The first-order valence-corrected chi connectivity index (χ1v) is 8.45. The van der Waals surface area contributed by atoms with E-state index in [0.717, 1.165) is 11.1 Å². The van der Waals surface area contributed by atoms with Gasteiger partial charge in [0, 0.05) is 10.7 Å². The average Bonchev–Trinajstić information content (AvgIpc) is 2.35. The summed E-state index contributed by atoms with van der Waals surface area (Å²) >= 11 is 6.03. The lowest BCUT2D eigenvalue weighted by Gasteiger charge is -2.11. The molecule has 0 atom stereocenters. The van der Waals surface area contributed by atoms with Gasteiger partial charge in [-0.25, -0.2) is 8.42 Å². The molecule has 0 aliphatic carbocycles. The summed E-state index contributed by atoms with van der Waals surface area (Å²) in [6.45, 7) is 3.87. The van der Waals surface area contributed by atoms with Crippen LogP contribution in [0.1, 0.15) is 11.1 Å². The van der Waals surface area contributed by atoms with Gasteiger partial charge in [-0.15, -0.1) is 0 Å². The first-order chi connectivity index (χ1) is 9.27. The van der Waals surface area contributed by atoms with Gasteiger partial charge in [-0.05, 0) is 49.2 Å². The van der Waals surface area contributed by atoms with Gasteiger partial charge in [0.05, 0.1) is 9.92 Å². The molecule has 2 rings (SSSR count). The van der Waals surface area contributed by atoms with Gasteiger partial charge >= 0.3 is 0 Å². The Labute approximate surface area is 127 Å². The number of rotatable bonds is 3. The number of aryl methyl sites for hydroxylation is 2. The predicted molar refractivity (Wildman–Crippen MR) is 80.5 cm³/mol. The number of hydrogen-bond donors (Lipinski definition) is 0. The van der Waals surface area contributed by atoms with E-state index in [1.54, 1.807) is 0 Å². The van der Waals surface area contributed by atoms with Crippen LogP contribution in [0.25, 0.3) is 0 Å². The lowest BCUT2D eigenvalue weighted by Crippen LogP contribution is -1.93. The Balaban J connectivity index is 2.38. The van der Waals surface area contributed by atoms with E-state index in [2.05, 4.69) is 0 Å². The van der Waals surface area contributed by atoms with E-state index >= 15 is 0 Å². The fraction of sp³-hybridized carbons (Fsp3) is 0.143. The molecule has 2 aromatic rings. The molecule has 0 N–H and O–H groups in total. The Morgan fingerprint density at radius 1 is 1.00 bits per heavy atom. The molecule has 0 aliphatic heterocycles. The van der Waals surface area contributed by atoms with Crippen LogP contribution < -0.4 is 4.74 Å². The normalized spacial score (nSPS) is 11.4. The molecule has 0 radical (unpaired) electrons. The molecule has 0 aromatic heterocycles. The summed E-state index contributed by atoms with van der Waals surface area (Å²) in [5, 5.41) is 0.188. The summed E-state index contributed by atoms with van der Waals surface area (Å²) in [4.78, 5) is -0.0579. The first kappa shape index (κ1) is 15.2. The number of benzene rings is 2. The lowest BCUT2D eigenvalue weighted by atomic mass is 10.1. The Morgan fingerprint density at radius 3 is 2.30 bits per heavy atom. The third kappa shape index (κ3) is 3.45. The molecule has 20 heavy (non-hydrogen) atoms. The maximum atomic E-state index is 11.2. The topological polar surface area (TPSA) is 43.4 Å². The zero-order valence-corrected chi connectivity index (χ0v) is 13.2. The molecule has 0 unspecified atom stereocenters. The van der Waals surface area contributed by atoms with Crippen LogP contribution in [0.2, 0.25) is 5.02 Å². The standard InChI is InChI=1S/C14H12Cl2O3S/c1-9-3-4-10(2)14(7-9)19-13-6-5-11(8-12(13)15)20(16,17)18/h3-8H,1-2H3. The van der Waals surface area contributed by atoms with Gasteiger partial charge in [-0.1, -0.05) is 23.7 Å². The highest BCUT2D eigenvalue weighted by atomic mass is 35.7. The highest BCUT2D eigenvalue weighted by Gasteiger charge is 2.13. The van der Waals surface area contributed by atoms with E-state index in [9.17, 15) is 8.42 Å². The summed E-state index contributed by atoms with van der Waals surface area (Å²) < 4.78 is 28.2. The minimum atomic E-state index is -3.80. The summed E-state index contributed by atoms with van der Waals surface area (Å²) in [6, 6.07) is 9.92. The molecular weight excluding hydrogens is 319 g/mol. The van der Waals surface area contributed by atoms with Crippen molar-refractivity contribution in [2.45, 2.75) is 18.7 Å². The molecule has 0 saturated heterocycles. The smallest absolute Gasteiger partial charge is 0.261 e. The molecule has 2 aromatic carbocycles. The van der Waals surface area contributed by atoms with Crippen LogP contribution in [-0.4, -0.2) is 8.42 Å². The molecule has 0 aliphatic rings. The highest BCUT2D eigenvalue weighted by molar-refractivity contribution is 8.13. The van der Waals surface area contributed by atoms with Gasteiger partial charge in [-0.2, -0.15) is 0 Å². The maximum Gasteiger partial charge on any atom is 0.261 e. The van der Waals surface area contributed by atoms with Crippen molar-refractivity contribution < 1.29 is 13.2 Å². The van der Waals surface area contributed by atoms with Crippen molar-refractivity contribution in [1.29, 1.82) is 0 Å². The van der Waals surface area contributed by atoms with Gasteiger partial charge in [0.15, 0.2) is 0 Å². The Bertz CT molecular complexity index is 755. The van der Waals surface area contributed by atoms with E-state index in [1.165, 1.54) is 18.2 Å². The average molecular weight is 331 g/mol. The third-order valence-electron chi connectivity index (χ3n) is 2.75. The van der Waals surface area contributed by atoms with Crippen LogP contribution in [0.3, 0.4) is 0 Å². The SMILES string of the molecule is Cc1ccc(C)c(Oc2ccc(S(=O)(=O)Cl)cc2Cl)c1. The Hall–Kier alpha value is -1.23. The second-order valence-corrected chi connectivity index (χ2v) is 7.37. The minimum absolute atomic E-state index is 0.0579. The minimum Gasteiger partial charge on any atom is -0.456 e. The van der Waals surface area contributed by atoms with E-state index < -0.39 is 9.05 Å². The number of ether oxygens (including phenoxy) is 1. The molecule has 0 fully saturated rings. The van der Waals surface area contributed by atoms with Crippen LogP contribution in [0.15, 0.2) is 41.3 Å². The lowest BCUT2D eigenvalue weighted by molar-refractivity contribution is 0.478. The summed E-state index contributed by atoms with van der Waals surface area (Å²) in [5.41, 5.74) is 2.02. The quantitative estimate of drug-likeness (QED) is 0.767. The summed E-state index contributed by atoms with van der Waals surface area (Å²) in [7, 11) is 1.46. The van der Waals surface area contributed by atoms with Gasteiger partial charge in [-0.3, -0.25) is 0 Å². The van der Waals surface area contributed by atoms with Gasteiger partial charge in [0.2, 0.25) is 0 Å². The number of halogens is 2. The van der Waals surface area contributed by atoms with Gasteiger partial charge in [0.25, 0.3) is 9.05 Å². The second-order valence-electron chi connectivity index (χ2n) is 4.40. The van der Waals surface area contributed by atoms with E-state index in [0.29, 0.717) is 11.5 Å². The fourth-order valence-corrected chi connectivity index (χ4v) is 2.71. The van der Waals surface area contributed by atoms with Crippen molar-refractivity contribution in [3.63, 3.8) is 0 Å². The summed E-state index contributed by atoms with van der Waals surface area (Å²) in [5.74, 6) is 1.05. The van der Waals surface area contributed by atoms with Crippen molar-refractivity contribution in [2.24, 2.45) is 0 Å². The van der Waals surface area contributed by atoms with Crippen LogP contribution in [0, 0.1) is 13.8 Å². The molecule has 0 amide bonds. The molecule has 0 spiro atoms. The monoisotopic (exact) mass is 330 g/mol. The van der Waals surface area contributed by atoms with Crippen molar-refractivity contribution in [3.05, 3.63) is 52.5 Å². The van der Waals surface area contributed by atoms with Crippen molar-refractivity contribution in [1.82, 2.24) is 0 Å². The zero-order chi connectivity index (χ0) is 14.9. The predicted octanol–water partition coefficient (Wildman–Crippen LogP) is 4.68. The van der Waals surface area contributed by atoms with Crippen LogP contribution >= 0.6 is 22.3 Å². The van der Waals surface area contributed by atoms with Crippen LogP contribution in [0.5, 0.6) is 11.5 Å². The van der Waals surface area contributed by atoms with Crippen molar-refractivity contribution in [3.8, 4) is 11.5 Å². The fourth-order valence-electron chi connectivity index (χ4n) is 1.65. The Kier molecular flexibility index (Phi) is 4.28. The molecule has 3 nitrogen and oxygen atoms in total. The molecular formula is C14H12Cl2O3S. The molecule has 0 heterocycles. The van der Waals surface area contributed by atoms with E-state index in [-0.39, 0.29) is 9.92 Å². The highest BCUT2D eigenvalue weighted by Crippen LogP contribution is 2.33. The molecule has 0 bridgehead atoms. The summed E-state index contributed by atoms with van der Waals surface area (Å²) in [6.07, 6.45) is 0. The van der Waals surface area contributed by atoms with Crippen LogP contribution in [0.4, 0.5) is 0 Å². The van der Waals surface area contributed by atoms with Crippen LogP contribution in [-0.2, 0) is 9.05 Å². The second kappa shape index (κ2) is 5.64. The first-order valence-electron chi connectivity index (χ1n) is 5.77. The maximum absolute atomic E-state index is 11.2. The zero-order valence-electron chi connectivity index (χ0n) is 10.9. The Morgan fingerprint density at radius 2 is 1.70 bits per heavy atom. The van der Waals surface area contributed by atoms with Crippen molar-refractivity contribution in [2.75, 3.05) is 0 Å². The van der Waals surface area contributed by atoms with Gasteiger partial charge in [0.1, 0.15) is 11.5 Å². The molecule has 0 saturated carbocycles. The molecule has 106 valence electrons. The van der Waals surface area contributed by atoms with E-state index in [4.69, 9.17) is 27.0 Å². The largest absolute Gasteiger partial charge is 0.456 e. The van der Waals surface area contributed by atoms with E-state index in [1.807, 2.05) is 32.0 Å². The number of hydrogen-bond acceptors (Lipinski definition) is 3. The third-order valence-corrected chi connectivity index (χ3v) is 4.40.